The predicted octanol–water partition coefficient (Wildman–Crippen LogP) is 2.34. The second-order valence-electron chi connectivity index (χ2n) is 4.79. The molecule has 4 nitrogen and oxygen atoms in total. The molecule has 1 unspecified atom stereocenters. The molecule has 1 aromatic carbocycles. The topological polar surface area (TPSA) is 55.6 Å². The molecule has 0 fully saturated rings. The molecule has 1 amide bonds. The molecule has 0 heterocycles. The number of ether oxygens (including phenoxy) is 1. The Morgan fingerprint density at radius 1 is 1.37 bits per heavy atom. The molecule has 2 N–H and O–H groups in total. The average Bonchev–Trinajstić information content (AvgIpc) is 2.42. The van der Waals surface area contributed by atoms with E-state index in [1.807, 2.05) is 24.3 Å². The van der Waals surface area contributed by atoms with Crippen LogP contribution in [0, 0.1) is 0 Å². The van der Waals surface area contributed by atoms with Gasteiger partial charge in [0.25, 0.3) is 0 Å². The van der Waals surface area contributed by atoms with Crippen molar-refractivity contribution in [2.24, 2.45) is 5.73 Å². The van der Waals surface area contributed by atoms with Gasteiger partial charge in [-0.15, -0.1) is 0 Å². The Kier molecular flexibility index (Phi) is 6.36. The second-order valence-corrected chi connectivity index (χ2v) is 4.79. The molecule has 0 aliphatic carbocycles. The number of carbonyl (C=O) groups is 1. The van der Waals surface area contributed by atoms with Gasteiger partial charge in [0, 0.05) is 32.1 Å². The highest BCUT2D eigenvalue weighted by molar-refractivity contribution is 5.75. The molecular weight excluding hydrogens is 240 g/mol. The molecule has 1 aromatic rings. The summed E-state index contributed by atoms with van der Waals surface area (Å²) in [6.07, 6.45) is 2.10. The fourth-order valence-electron chi connectivity index (χ4n) is 1.77. The molecule has 0 aliphatic heterocycles. The first-order chi connectivity index (χ1) is 9.06. The van der Waals surface area contributed by atoms with Crippen LogP contribution in [0.25, 0.3) is 0 Å². The Labute approximate surface area is 115 Å². The van der Waals surface area contributed by atoms with Crippen LogP contribution in [0.4, 0.5) is 0 Å². The van der Waals surface area contributed by atoms with Crippen molar-refractivity contribution in [2.45, 2.75) is 32.2 Å². The summed E-state index contributed by atoms with van der Waals surface area (Å²) < 4.78 is 5.74. The summed E-state index contributed by atoms with van der Waals surface area (Å²) in [4.78, 5) is 13.0. The number of nitrogens with zero attached hydrogens (tertiary/aromatic N) is 1. The Bertz CT molecular complexity index is 405. The molecule has 0 bridgehead atoms. The van der Waals surface area contributed by atoms with Gasteiger partial charge < -0.3 is 15.4 Å². The maximum absolute atomic E-state index is 11.4. The highest BCUT2D eigenvalue weighted by Gasteiger charge is 2.10. The summed E-state index contributed by atoms with van der Waals surface area (Å²) in [5.74, 6) is 0.955. The molecule has 0 aromatic heterocycles. The molecule has 0 spiro atoms. The number of para-hydroxylation sites is 1. The molecule has 0 saturated heterocycles. The van der Waals surface area contributed by atoms with Gasteiger partial charge in [-0.05, 0) is 18.9 Å². The third-order valence-electron chi connectivity index (χ3n) is 3.05. The van der Waals surface area contributed by atoms with E-state index in [2.05, 4.69) is 6.92 Å². The van der Waals surface area contributed by atoms with Crippen molar-refractivity contribution in [3.63, 3.8) is 0 Å². The predicted molar refractivity (Wildman–Crippen MR) is 77.1 cm³/mol. The zero-order chi connectivity index (χ0) is 14.3. The zero-order valence-electron chi connectivity index (χ0n) is 12.1. The van der Waals surface area contributed by atoms with Crippen LogP contribution in [0.2, 0.25) is 0 Å². The highest BCUT2D eigenvalue weighted by Crippen LogP contribution is 2.25. The number of benzene rings is 1. The fourth-order valence-corrected chi connectivity index (χ4v) is 1.77. The van der Waals surface area contributed by atoms with E-state index in [9.17, 15) is 4.79 Å². The van der Waals surface area contributed by atoms with Crippen LogP contribution in [-0.4, -0.2) is 31.5 Å². The van der Waals surface area contributed by atoms with Crippen LogP contribution in [0.3, 0.4) is 0 Å². The number of hydrogen-bond donors (Lipinski definition) is 1. The number of rotatable bonds is 7. The van der Waals surface area contributed by atoms with E-state index in [0.29, 0.717) is 19.4 Å². The van der Waals surface area contributed by atoms with E-state index in [1.165, 1.54) is 0 Å². The van der Waals surface area contributed by atoms with Gasteiger partial charge in [0.2, 0.25) is 5.91 Å². The minimum atomic E-state index is -0.000364. The fraction of sp³-hybridized carbons (Fsp3) is 0.533. The van der Waals surface area contributed by atoms with Crippen molar-refractivity contribution < 1.29 is 9.53 Å². The van der Waals surface area contributed by atoms with E-state index in [4.69, 9.17) is 10.5 Å². The summed E-state index contributed by atoms with van der Waals surface area (Å²) in [6.45, 7) is 2.59. The van der Waals surface area contributed by atoms with Crippen molar-refractivity contribution in [1.82, 2.24) is 4.90 Å². The zero-order valence-corrected chi connectivity index (χ0v) is 12.1. The van der Waals surface area contributed by atoms with Crippen molar-refractivity contribution in [3.8, 4) is 5.75 Å². The lowest BCUT2D eigenvalue weighted by atomic mass is 10.0. The molecule has 19 heavy (non-hydrogen) atoms. The maximum Gasteiger partial charge on any atom is 0.222 e. The molecular formula is C15H24N2O2. The third kappa shape index (κ3) is 4.91. The highest BCUT2D eigenvalue weighted by atomic mass is 16.5. The number of hydrogen-bond acceptors (Lipinski definition) is 3. The summed E-state index contributed by atoms with van der Waals surface area (Å²) in [6, 6.07) is 7.83. The molecule has 0 saturated carbocycles. The van der Waals surface area contributed by atoms with E-state index >= 15 is 0 Å². The minimum Gasteiger partial charge on any atom is -0.493 e. The normalized spacial score (nSPS) is 12.0. The van der Waals surface area contributed by atoms with E-state index in [0.717, 1.165) is 17.7 Å². The van der Waals surface area contributed by atoms with Crippen LogP contribution in [0.15, 0.2) is 24.3 Å². The number of nitrogens with two attached hydrogens (primary N) is 1. The van der Waals surface area contributed by atoms with Crippen molar-refractivity contribution in [3.05, 3.63) is 29.8 Å². The van der Waals surface area contributed by atoms with Crippen LogP contribution in [0.1, 0.15) is 37.8 Å². The van der Waals surface area contributed by atoms with Crippen LogP contribution < -0.4 is 10.5 Å². The first-order valence-electron chi connectivity index (χ1n) is 6.73. The van der Waals surface area contributed by atoms with Crippen molar-refractivity contribution in [2.75, 3.05) is 20.7 Å². The van der Waals surface area contributed by atoms with Gasteiger partial charge in [-0.3, -0.25) is 4.79 Å². The quantitative estimate of drug-likeness (QED) is 0.769. The van der Waals surface area contributed by atoms with Gasteiger partial charge in [-0.2, -0.15) is 0 Å². The van der Waals surface area contributed by atoms with Gasteiger partial charge in [0.15, 0.2) is 0 Å². The molecule has 0 aliphatic rings. The van der Waals surface area contributed by atoms with Gasteiger partial charge in [-0.1, -0.05) is 25.1 Å². The summed E-state index contributed by atoms with van der Waals surface area (Å²) >= 11 is 0. The lowest BCUT2D eigenvalue weighted by molar-refractivity contribution is -0.128. The second kappa shape index (κ2) is 7.79. The van der Waals surface area contributed by atoms with Gasteiger partial charge in [0.1, 0.15) is 5.75 Å². The standard InChI is InChI=1S/C15H24N2O2/c1-4-13(16)12-8-5-6-9-14(12)19-11-7-10-15(18)17(2)3/h5-6,8-9,13H,4,7,10-11,16H2,1-3H3. The molecule has 106 valence electrons. The molecule has 1 atom stereocenters. The Hall–Kier alpha value is -1.55. The van der Waals surface area contributed by atoms with Crippen molar-refractivity contribution >= 4 is 5.91 Å². The molecule has 0 radical (unpaired) electrons. The smallest absolute Gasteiger partial charge is 0.222 e. The van der Waals surface area contributed by atoms with Crippen LogP contribution in [0.5, 0.6) is 5.75 Å². The first kappa shape index (κ1) is 15.5. The number of amides is 1. The monoisotopic (exact) mass is 264 g/mol. The van der Waals surface area contributed by atoms with Gasteiger partial charge >= 0.3 is 0 Å². The van der Waals surface area contributed by atoms with E-state index in [-0.39, 0.29) is 11.9 Å². The number of carbonyl (C=O) groups excluding carboxylic acids is 1. The van der Waals surface area contributed by atoms with E-state index in [1.54, 1.807) is 19.0 Å². The van der Waals surface area contributed by atoms with Gasteiger partial charge in [-0.25, -0.2) is 0 Å². The summed E-state index contributed by atoms with van der Waals surface area (Å²) in [5.41, 5.74) is 7.08. The Morgan fingerprint density at radius 3 is 2.68 bits per heavy atom. The first-order valence-corrected chi connectivity index (χ1v) is 6.73. The largest absolute Gasteiger partial charge is 0.493 e. The molecule has 4 heteroatoms. The maximum atomic E-state index is 11.4. The van der Waals surface area contributed by atoms with Crippen LogP contribution in [-0.2, 0) is 4.79 Å². The SMILES string of the molecule is CCC(N)c1ccccc1OCCCC(=O)N(C)C. The van der Waals surface area contributed by atoms with Crippen LogP contribution >= 0.6 is 0 Å². The Morgan fingerprint density at radius 2 is 2.05 bits per heavy atom. The summed E-state index contributed by atoms with van der Waals surface area (Å²) in [5, 5.41) is 0. The average molecular weight is 264 g/mol. The lowest BCUT2D eigenvalue weighted by Crippen LogP contribution is -2.21. The minimum absolute atomic E-state index is 0.000364. The molecule has 1 rings (SSSR count). The van der Waals surface area contributed by atoms with E-state index < -0.39 is 0 Å². The third-order valence-corrected chi connectivity index (χ3v) is 3.05. The van der Waals surface area contributed by atoms with Crippen molar-refractivity contribution in [1.29, 1.82) is 0 Å². The lowest BCUT2D eigenvalue weighted by Gasteiger charge is -2.16. The van der Waals surface area contributed by atoms with Gasteiger partial charge in [0.05, 0.1) is 6.61 Å². The Balaban J connectivity index is 2.47. The summed E-state index contributed by atoms with van der Waals surface area (Å²) in [7, 11) is 3.53.